The fourth-order valence-electron chi connectivity index (χ4n) is 3.89. The lowest BCUT2D eigenvalue weighted by Gasteiger charge is -2.42. The average Bonchev–Trinajstić information content (AvgIpc) is 3.11. The molecule has 0 radical (unpaired) electrons. The number of carbonyl (C=O) groups is 1. The van der Waals surface area contributed by atoms with Gasteiger partial charge in [0, 0.05) is 38.5 Å². The number of ether oxygens (including phenoxy) is 2. The Kier molecular flexibility index (Phi) is 9.82. The van der Waals surface area contributed by atoms with Crippen LogP contribution in [0.15, 0.2) is 4.99 Å². The molecule has 0 aliphatic carbocycles. The molecule has 3 aliphatic heterocycles. The van der Waals surface area contributed by atoms with Crippen molar-refractivity contribution in [2.24, 2.45) is 4.99 Å². The van der Waals surface area contributed by atoms with Crippen LogP contribution in [-0.2, 0) is 9.47 Å². The van der Waals surface area contributed by atoms with Crippen molar-refractivity contribution in [3.05, 3.63) is 0 Å². The van der Waals surface area contributed by atoms with Crippen molar-refractivity contribution < 1.29 is 14.3 Å². The molecule has 0 spiro atoms. The fraction of sp³-hybridized carbons (Fsp3) is 0.900. The van der Waals surface area contributed by atoms with Crippen LogP contribution in [0.3, 0.4) is 0 Å². The lowest BCUT2D eigenvalue weighted by Crippen LogP contribution is -2.63. The zero-order valence-electron chi connectivity index (χ0n) is 18.7. The largest absolute Gasteiger partial charge is 0.444 e. The van der Waals surface area contributed by atoms with Gasteiger partial charge < -0.3 is 25.0 Å². The Morgan fingerprint density at radius 1 is 1.30 bits per heavy atom. The molecule has 3 fully saturated rings. The highest BCUT2D eigenvalue weighted by Crippen LogP contribution is 2.34. The standard InChI is InChI=1S/C20H37N5O3S.HI/c1-5-21-17(23-16-12-24(13-16)18(26)28-19(2,3)4)22-14-20(6-11-29-15-20)25-7-9-27-10-8-25;/h16H,5-15H2,1-4H3,(H2,21,22,23);1H. The van der Waals surface area contributed by atoms with Gasteiger partial charge >= 0.3 is 6.09 Å². The second-order valence-corrected chi connectivity index (χ2v) is 10.2. The van der Waals surface area contributed by atoms with Crippen LogP contribution in [0.1, 0.15) is 34.1 Å². The monoisotopic (exact) mass is 555 g/mol. The Morgan fingerprint density at radius 3 is 2.57 bits per heavy atom. The van der Waals surface area contributed by atoms with E-state index >= 15 is 0 Å². The maximum atomic E-state index is 12.1. The summed E-state index contributed by atoms with van der Waals surface area (Å²) in [5.41, 5.74) is -0.321. The quantitative estimate of drug-likeness (QED) is 0.305. The minimum Gasteiger partial charge on any atom is -0.444 e. The van der Waals surface area contributed by atoms with E-state index in [1.165, 1.54) is 12.2 Å². The van der Waals surface area contributed by atoms with Gasteiger partial charge in [-0.3, -0.25) is 9.89 Å². The van der Waals surface area contributed by atoms with Gasteiger partial charge in [-0.1, -0.05) is 0 Å². The van der Waals surface area contributed by atoms with Crippen molar-refractivity contribution in [3.8, 4) is 0 Å². The van der Waals surface area contributed by atoms with Gasteiger partial charge in [0.2, 0.25) is 0 Å². The third-order valence-corrected chi connectivity index (χ3v) is 6.75. The van der Waals surface area contributed by atoms with Gasteiger partial charge in [-0.15, -0.1) is 24.0 Å². The number of rotatable bonds is 5. The Balaban J connectivity index is 0.00000320. The minimum atomic E-state index is -0.459. The van der Waals surface area contributed by atoms with E-state index in [1.54, 1.807) is 4.90 Å². The maximum Gasteiger partial charge on any atom is 0.410 e. The topological polar surface area (TPSA) is 78.4 Å². The summed E-state index contributed by atoms with van der Waals surface area (Å²) in [7, 11) is 0. The number of nitrogens with one attached hydrogen (secondary N) is 2. The zero-order chi connectivity index (χ0) is 20.9. The lowest BCUT2D eigenvalue weighted by atomic mass is 9.96. The summed E-state index contributed by atoms with van der Waals surface area (Å²) in [5, 5.41) is 6.85. The van der Waals surface area contributed by atoms with Crippen LogP contribution in [-0.4, -0.2) is 103 Å². The van der Waals surface area contributed by atoms with Gasteiger partial charge in [0.25, 0.3) is 0 Å². The number of amides is 1. The molecule has 1 unspecified atom stereocenters. The van der Waals surface area contributed by atoms with Crippen LogP contribution in [0.2, 0.25) is 0 Å². The molecule has 2 N–H and O–H groups in total. The summed E-state index contributed by atoms with van der Waals surface area (Å²) in [5.74, 6) is 3.17. The van der Waals surface area contributed by atoms with Crippen molar-refractivity contribution >= 4 is 47.8 Å². The first-order valence-corrected chi connectivity index (χ1v) is 11.9. The van der Waals surface area contributed by atoms with E-state index in [4.69, 9.17) is 14.5 Å². The predicted molar refractivity (Wildman–Crippen MR) is 133 cm³/mol. The molecule has 1 atom stereocenters. The molecule has 30 heavy (non-hydrogen) atoms. The Bertz CT molecular complexity index is 583. The number of halogens is 1. The first-order chi connectivity index (χ1) is 13.8. The molecule has 3 rings (SSSR count). The van der Waals surface area contributed by atoms with E-state index in [1.807, 2.05) is 32.5 Å². The summed E-state index contributed by atoms with van der Waals surface area (Å²) < 4.78 is 11.0. The van der Waals surface area contributed by atoms with Gasteiger partial charge in [-0.05, 0) is 39.9 Å². The summed E-state index contributed by atoms with van der Waals surface area (Å²) in [4.78, 5) is 21.4. The minimum absolute atomic E-state index is 0. The molecule has 1 amide bonds. The molecule has 10 heteroatoms. The van der Waals surface area contributed by atoms with Gasteiger partial charge in [0.05, 0.1) is 31.3 Å². The van der Waals surface area contributed by atoms with Gasteiger partial charge in [-0.25, -0.2) is 4.79 Å². The van der Waals surface area contributed by atoms with E-state index in [9.17, 15) is 4.79 Å². The van der Waals surface area contributed by atoms with Crippen LogP contribution >= 0.6 is 35.7 Å². The van der Waals surface area contributed by atoms with Crippen LogP contribution in [0.25, 0.3) is 0 Å². The lowest BCUT2D eigenvalue weighted by molar-refractivity contribution is -0.0105. The highest BCUT2D eigenvalue weighted by atomic mass is 127. The summed E-state index contributed by atoms with van der Waals surface area (Å²) in [6.07, 6.45) is 0.933. The molecular weight excluding hydrogens is 517 g/mol. The molecule has 8 nitrogen and oxygen atoms in total. The number of aliphatic imine (C=N–C) groups is 1. The molecule has 3 saturated heterocycles. The number of morpholine rings is 1. The molecule has 0 saturated carbocycles. The number of hydrogen-bond donors (Lipinski definition) is 2. The number of thioether (sulfide) groups is 1. The van der Waals surface area contributed by atoms with E-state index in [0.29, 0.717) is 13.1 Å². The third kappa shape index (κ3) is 7.03. The summed E-state index contributed by atoms with van der Waals surface area (Å²) >= 11 is 2.03. The van der Waals surface area contributed by atoms with Gasteiger partial charge in [0.15, 0.2) is 5.96 Å². The molecule has 0 aromatic rings. The summed E-state index contributed by atoms with van der Waals surface area (Å²) in [6.45, 7) is 14.3. The molecule has 0 bridgehead atoms. The van der Waals surface area contributed by atoms with Crippen molar-refractivity contribution in [1.82, 2.24) is 20.4 Å². The van der Waals surface area contributed by atoms with Crippen LogP contribution in [0, 0.1) is 0 Å². The van der Waals surface area contributed by atoms with Gasteiger partial charge in [-0.2, -0.15) is 11.8 Å². The normalized spacial score (nSPS) is 26.0. The van der Waals surface area contributed by atoms with Gasteiger partial charge in [0.1, 0.15) is 5.60 Å². The van der Waals surface area contributed by atoms with E-state index in [0.717, 1.165) is 51.1 Å². The highest BCUT2D eigenvalue weighted by Gasteiger charge is 2.41. The molecule has 0 aromatic heterocycles. The number of hydrogen-bond acceptors (Lipinski definition) is 6. The van der Waals surface area contributed by atoms with Crippen LogP contribution < -0.4 is 10.6 Å². The molecule has 3 aliphatic rings. The average molecular weight is 556 g/mol. The molecular formula is C20H38IN5O3S. The first-order valence-electron chi connectivity index (χ1n) is 10.7. The smallest absolute Gasteiger partial charge is 0.410 e. The number of likely N-dealkylation sites (tertiary alicyclic amines) is 1. The maximum absolute atomic E-state index is 12.1. The van der Waals surface area contributed by atoms with Crippen molar-refractivity contribution in [1.29, 1.82) is 0 Å². The number of guanidine groups is 1. The van der Waals surface area contributed by atoms with Crippen LogP contribution in [0.5, 0.6) is 0 Å². The third-order valence-electron chi connectivity index (χ3n) is 5.51. The van der Waals surface area contributed by atoms with Crippen molar-refractivity contribution in [2.45, 2.75) is 51.3 Å². The Labute approximate surface area is 202 Å². The second-order valence-electron chi connectivity index (χ2n) is 9.05. The molecule has 3 heterocycles. The van der Waals surface area contributed by atoms with Crippen LogP contribution in [0.4, 0.5) is 4.79 Å². The molecule has 0 aromatic carbocycles. The zero-order valence-corrected chi connectivity index (χ0v) is 21.9. The SMILES string of the molecule is CCNC(=NCC1(N2CCOCC2)CCSC1)NC1CN(C(=O)OC(C)(C)C)C1.I. The van der Waals surface area contributed by atoms with E-state index < -0.39 is 5.60 Å². The van der Waals surface area contributed by atoms with Crippen molar-refractivity contribution in [2.75, 3.05) is 64.0 Å². The van der Waals surface area contributed by atoms with E-state index in [2.05, 4.69) is 22.5 Å². The summed E-state index contributed by atoms with van der Waals surface area (Å²) in [6, 6.07) is 0.206. The first kappa shape index (κ1) is 25.8. The van der Waals surface area contributed by atoms with E-state index in [-0.39, 0.29) is 41.7 Å². The second kappa shape index (κ2) is 11.4. The predicted octanol–water partition coefficient (Wildman–Crippen LogP) is 1.99. The Hall–Kier alpha value is -0.460. The van der Waals surface area contributed by atoms with Crippen molar-refractivity contribution in [3.63, 3.8) is 0 Å². The molecule has 174 valence electrons. The highest BCUT2D eigenvalue weighted by molar-refractivity contribution is 14.0. The number of carbonyl (C=O) groups excluding carboxylic acids is 1. The fourth-order valence-corrected chi connectivity index (χ4v) is 5.36. The number of nitrogens with zero attached hydrogens (tertiary/aromatic N) is 3. The Morgan fingerprint density at radius 2 is 2.00 bits per heavy atom.